The van der Waals surface area contributed by atoms with Crippen molar-refractivity contribution in [2.45, 2.75) is 29.7 Å². The Morgan fingerprint density at radius 3 is 2.70 bits per heavy atom. The van der Waals surface area contributed by atoms with Gasteiger partial charge in [0.15, 0.2) is 10.8 Å². The fraction of sp³-hybridized carbons (Fsp3) is 0.286. The predicted octanol–water partition coefficient (Wildman–Crippen LogP) is 3.16. The van der Waals surface area contributed by atoms with Crippen molar-refractivity contribution in [1.82, 2.24) is 34.7 Å². The molecule has 5 rings (SSSR count). The molecule has 1 aliphatic heterocycles. The Morgan fingerprint density at radius 1 is 1.10 bits per heavy atom. The highest BCUT2D eigenvalue weighted by molar-refractivity contribution is 7.98. The molecule has 30 heavy (non-hydrogen) atoms. The lowest BCUT2D eigenvalue weighted by Gasteiger charge is -2.31. The Hall–Kier alpha value is -3.20. The molecule has 8 nitrogen and oxygen atoms in total. The van der Waals surface area contributed by atoms with E-state index in [1.165, 1.54) is 6.33 Å². The minimum atomic E-state index is 0.0917. The van der Waals surface area contributed by atoms with Crippen molar-refractivity contribution in [3.63, 3.8) is 0 Å². The maximum absolute atomic E-state index is 12.9. The smallest absolute Gasteiger partial charge is 0.253 e. The van der Waals surface area contributed by atoms with Gasteiger partial charge < -0.3 is 4.90 Å². The molecule has 1 N–H and O–H groups in total. The van der Waals surface area contributed by atoms with Gasteiger partial charge in [0.25, 0.3) is 5.91 Å². The first-order valence-electron chi connectivity index (χ1n) is 9.94. The molecule has 4 aromatic rings. The van der Waals surface area contributed by atoms with E-state index in [0.717, 1.165) is 59.4 Å². The average Bonchev–Trinajstić information content (AvgIpc) is 3.48. The highest BCUT2D eigenvalue weighted by atomic mass is 32.2. The molecule has 1 fully saturated rings. The third-order valence-electron chi connectivity index (χ3n) is 5.46. The van der Waals surface area contributed by atoms with E-state index in [9.17, 15) is 4.79 Å². The van der Waals surface area contributed by atoms with Gasteiger partial charge in [-0.05, 0) is 42.7 Å². The average molecular weight is 420 g/mol. The van der Waals surface area contributed by atoms with Gasteiger partial charge in [-0.1, -0.05) is 30.0 Å². The molecule has 9 heteroatoms. The number of hydrogen-bond donors (Lipinski definition) is 1. The molecule has 0 spiro atoms. The van der Waals surface area contributed by atoms with Crippen LogP contribution in [0.15, 0.2) is 60.1 Å². The second kappa shape index (κ2) is 8.27. The van der Waals surface area contributed by atoms with Crippen LogP contribution in [0.1, 0.15) is 40.5 Å². The number of H-pyrrole nitrogens is 1. The number of likely N-dealkylation sites (tertiary alicyclic amines) is 1. The number of aromatic nitrogens is 6. The second-order valence-electron chi connectivity index (χ2n) is 7.33. The number of nitrogens with zero attached hydrogens (tertiary/aromatic N) is 6. The topological polar surface area (TPSA) is 92.1 Å². The monoisotopic (exact) mass is 419 g/mol. The van der Waals surface area contributed by atoms with E-state index < -0.39 is 0 Å². The van der Waals surface area contributed by atoms with Crippen LogP contribution in [0.2, 0.25) is 0 Å². The van der Waals surface area contributed by atoms with Gasteiger partial charge in [-0.25, -0.2) is 4.98 Å². The summed E-state index contributed by atoms with van der Waals surface area (Å²) in [5.41, 5.74) is 2.74. The molecular formula is C21H21N7OS. The number of rotatable bonds is 5. The van der Waals surface area contributed by atoms with E-state index in [4.69, 9.17) is 0 Å². The van der Waals surface area contributed by atoms with Crippen LogP contribution in [-0.2, 0) is 5.75 Å². The number of benzene rings is 1. The molecule has 0 aliphatic carbocycles. The molecule has 4 heterocycles. The Labute approximate surface area is 177 Å². The van der Waals surface area contributed by atoms with Gasteiger partial charge in [0, 0.05) is 36.5 Å². The molecule has 0 radical (unpaired) electrons. The molecule has 1 aliphatic rings. The first-order valence-corrected chi connectivity index (χ1v) is 10.9. The Morgan fingerprint density at radius 2 is 1.93 bits per heavy atom. The molecule has 0 saturated carbocycles. The summed E-state index contributed by atoms with van der Waals surface area (Å²) in [4.78, 5) is 19.0. The number of pyridine rings is 1. The number of hydrogen-bond acceptors (Lipinski definition) is 6. The summed E-state index contributed by atoms with van der Waals surface area (Å²) in [5.74, 6) is 2.18. The van der Waals surface area contributed by atoms with Gasteiger partial charge in [-0.15, -0.1) is 10.2 Å². The minimum Gasteiger partial charge on any atom is -0.339 e. The standard InChI is InChI=1S/C21H21N7OS/c29-20(17-6-4-15(5-7-17)13-30-21-22-14-23-26-21)27-11-8-16(9-12-27)19-25-24-18-3-1-2-10-28(18)19/h1-7,10,14,16H,8-9,11-13H2,(H,22,23,26). The van der Waals surface area contributed by atoms with Crippen LogP contribution in [0.25, 0.3) is 5.65 Å². The predicted molar refractivity (Wildman–Crippen MR) is 113 cm³/mol. The van der Waals surface area contributed by atoms with Crippen LogP contribution in [0, 0.1) is 0 Å². The van der Waals surface area contributed by atoms with Crippen molar-refractivity contribution in [2.24, 2.45) is 0 Å². The largest absolute Gasteiger partial charge is 0.339 e. The summed E-state index contributed by atoms with van der Waals surface area (Å²) in [7, 11) is 0. The molecule has 3 aromatic heterocycles. The van der Waals surface area contributed by atoms with Crippen molar-refractivity contribution in [2.75, 3.05) is 13.1 Å². The van der Waals surface area contributed by atoms with Gasteiger partial charge in [0.1, 0.15) is 12.2 Å². The van der Waals surface area contributed by atoms with Crippen LogP contribution in [0.4, 0.5) is 0 Å². The van der Waals surface area contributed by atoms with Crippen molar-refractivity contribution < 1.29 is 4.79 Å². The van der Waals surface area contributed by atoms with Crippen molar-refractivity contribution >= 4 is 23.3 Å². The quantitative estimate of drug-likeness (QED) is 0.500. The van der Waals surface area contributed by atoms with E-state index in [2.05, 4.69) is 29.8 Å². The summed E-state index contributed by atoms with van der Waals surface area (Å²) in [6, 6.07) is 13.8. The summed E-state index contributed by atoms with van der Waals surface area (Å²) >= 11 is 1.58. The molecule has 0 unspecified atom stereocenters. The molecule has 152 valence electrons. The molecule has 0 atom stereocenters. The fourth-order valence-corrected chi connectivity index (χ4v) is 4.56. The van der Waals surface area contributed by atoms with E-state index in [-0.39, 0.29) is 5.91 Å². The number of carbonyl (C=O) groups excluding carboxylic acids is 1. The highest BCUT2D eigenvalue weighted by Crippen LogP contribution is 2.28. The first-order chi connectivity index (χ1) is 14.8. The maximum Gasteiger partial charge on any atom is 0.253 e. The van der Waals surface area contributed by atoms with Crippen LogP contribution in [0.5, 0.6) is 0 Å². The van der Waals surface area contributed by atoms with E-state index in [0.29, 0.717) is 5.92 Å². The lowest BCUT2D eigenvalue weighted by molar-refractivity contribution is 0.0711. The lowest BCUT2D eigenvalue weighted by Crippen LogP contribution is -2.38. The normalized spacial score (nSPS) is 15.0. The SMILES string of the molecule is O=C(c1ccc(CSc2ncn[nH]2)cc1)N1CCC(c2nnc3ccccn23)CC1. The molecular weight excluding hydrogens is 398 g/mol. The number of carbonyl (C=O) groups is 1. The lowest BCUT2D eigenvalue weighted by atomic mass is 9.95. The Kier molecular flexibility index (Phi) is 5.18. The van der Waals surface area contributed by atoms with Crippen molar-refractivity contribution in [3.05, 3.63) is 71.9 Å². The third-order valence-corrected chi connectivity index (χ3v) is 6.40. The zero-order chi connectivity index (χ0) is 20.3. The maximum atomic E-state index is 12.9. The molecule has 1 saturated heterocycles. The van der Waals surface area contributed by atoms with Crippen LogP contribution < -0.4 is 0 Å². The zero-order valence-electron chi connectivity index (χ0n) is 16.3. The summed E-state index contributed by atoms with van der Waals surface area (Å²) in [6.07, 6.45) is 5.30. The summed E-state index contributed by atoms with van der Waals surface area (Å²) in [6.45, 7) is 1.46. The van der Waals surface area contributed by atoms with Gasteiger partial charge in [0.05, 0.1) is 0 Å². The summed E-state index contributed by atoms with van der Waals surface area (Å²) < 4.78 is 2.05. The van der Waals surface area contributed by atoms with Gasteiger partial charge in [-0.2, -0.15) is 5.10 Å². The minimum absolute atomic E-state index is 0.0917. The molecule has 1 amide bonds. The number of nitrogens with one attached hydrogen (secondary N) is 1. The molecule has 0 bridgehead atoms. The third kappa shape index (κ3) is 3.80. The Bertz CT molecular complexity index is 1130. The summed E-state index contributed by atoms with van der Waals surface area (Å²) in [5, 5.41) is 16.1. The Balaban J connectivity index is 1.19. The number of aromatic amines is 1. The number of thioether (sulfide) groups is 1. The van der Waals surface area contributed by atoms with Gasteiger partial charge in [-0.3, -0.25) is 14.3 Å². The number of fused-ring (bicyclic) bond motifs is 1. The number of piperidine rings is 1. The highest BCUT2D eigenvalue weighted by Gasteiger charge is 2.27. The van der Waals surface area contributed by atoms with E-state index >= 15 is 0 Å². The van der Waals surface area contributed by atoms with Gasteiger partial charge in [0.2, 0.25) is 0 Å². The number of amides is 1. The first kappa shape index (κ1) is 18.8. The van der Waals surface area contributed by atoms with E-state index in [1.807, 2.05) is 53.6 Å². The fourth-order valence-electron chi connectivity index (χ4n) is 3.82. The van der Waals surface area contributed by atoms with E-state index in [1.54, 1.807) is 11.8 Å². The van der Waals surface area contributed by atoms with Gasteiger partial charge >= 0.3 is 0 Å². The van der Waals surface area contributed by atoms with Crippen molar-refractivity contribution in [3.8, 4) is 0 Å². The van der Waals surface area contributed by atoms with Crippen LogP contribution in [-0.4, -0.2) is 53.7 Å². The van der Waals surface area contributed by atoms with Crippen LogP contribution >= 0.6 is 11.8 Å². The second-order valence-corrected chi connectivity index (χ2v) is 8.29. The zero-order valence-corrected chi connectivity index (χ0v) is 17.1. The van der Waals surface area contributed by atoms with Crippen LogP contribution in [0.3, 0.4) is 0 Å². The molecule has 1 aromatic carbocycles. The van der Waals surface area contributed by atoms with Crippen molar-refractivity contribution in [1.29, 1.82) is 0 Å².